The molecule has 0 spiro atoms. The number of ether oxygens (including phenoxy) is 3. The first-order valence-corrected chi connectivity index (χ1v) is 10.0. The molecule has 0 radical (unpaired) electrons. The first-order valence-electron chi connectivity index (χ1n) is 10.0. The third kappa shape index (κ3) is 5.42. The molecule has 8 nitrogen and oxygen atoms in total. The van der Waals surface area contributed by atoms with Crippen LogP contribution in [0.15, 0.2) is 0 Å². The van der Waals surface area contributed by atoms with Gasteiger partial charge in [0, 0.05) is 13.1 Å². The van der Waals surface area contributed by atoms with E-state index in [1.165, 1.54) is 6.42 Å². The van der Waals surface area contributed by atoms with Crippen LogP contribution < -0.4 is 5.32 Å². The Bertz CT molecular complexity index is 542. The van der Waals surface area contributed by atoms with Gasteiger partial charge in [0.2, 0.25) is 0 Å². The number of carbonyl (C=O) groups is 3. The van der Waals surface area contributed by atoms with Gasteiger partial charge in [-0.25, -0.2) is 4.79 Å². The highest BCUT2D eigenvalue weighted by Gasteiger charge is 2.37. The van der Waals surface area contributed by atoms with E-state index in [0.29, 0.717) is 38.6 Å². The van der Waals surface area contributed by atoms with Gasteiger partial charge in [-0.05, 0) is 19.3 Å². The zero-order chi connectivity index (χ0) is 19.2. The smallest absolute Gasteiger partial charge is 0.410 e. The molecule has 0 aromatic rings. The summed E-state index contributed by atoms with van der Waals surface area (Å²) in [6, 6.07) is -0.673. The quantitative estimate of drug-likeness (QED) is 0.769. The number of hydrogen-bond donors (Lipinski definition) is 1. The highest BCUT2D eigenvalue weighted by atomic mass is 16.6. The molecule has 3 rings (SSSR count). The molecule has 2 saturated heterocycles. The van der Waals surface area contributed by atoms with E-state index >= 15 is 0 Å². The van der Waals surface area contributed by atoms with E-state index in [1.807, 2.05) is 0 Å². The van der Waals surface area contributed by atoms with E-state index in [1.54, 1.807) is 11.8 Å². The predicted molar refractivity (Wildman–Crippen MR) is 96.2 cm³/mol. The number of rotatable bonds is 5. The number of hydrogen-bond acceptors (Lipinski definition) is 6. The summed E-state index contributed by atoms with van der Waals surface area (Å²) in [5.74, 6) is -0.190. The monoisotopic (exact) mass is 382 g/mol. The fraction of sp³-hybridized carbons (Fsp3) is 0.842. The van der Waals surface area contributed by atoms with Crippen LogP contribution in [-0.2, 0) is 23.8 Å². The molecule has 3 atom stereocenters. The standard InChI is InChI=1S/C19H30N2O6/c1-13-17(15(22)12-26-13)20-18(23)16(11-14-5-3-2-4-6-14)27-19(24)21-7-9-25-10-8-21/h13-14,16-17H,2-12H2,1H3,(H,20,23)/t13-,16+,17+/m1/s1. The summed E-state index contributed by atoms with van der Waals surface area (Å²) in [6.45, 7) is 3.63. The largest absolute Gasteiger partial charge is 0.436 e. The number of nitrogens with one attached hydrogen (secondary N) is 1. The van der Waals surface area contributed by atoms with Gasteiger partial charge in [0.15, 0.2) is 11.9 Å². The maximum Gasteiger partial charge on any atom is 0.410 e. The first kappa shape index (κ1) is 20.1. The lowest BCUT2D eigenvalue weighted by Crippen LogP contribution is -2.51. The van der Waals surface area contributed by atoms with Crippen LogP contribution in [0, 0.1) is 5.92 Å². The fourth-order valence-corrected chi connectivity index (χ4v) is 3.98. The highest BCUT2D eigenvalue weighted by Crippen LogP contribution is 2.28. The lowest BCUT2D eigenvalue weighted by atomic mass is 9.85. The van der Waals surface area contributed by atoms with Crippen molar-refractivity contribution in [3.05, 3.63) is 0 Å². The van der Waals surface area contributed by atoms with E-state index in [4.69, 9.17) is 14.2 Å². The summed E-state index contributed by atoms with van der Waals surface area (Å²) in [4.78, 5) is 38.8. The second-order valence-corrected chi connectivity index (χ2v) is 7.68. The maximum atomic E-state index is 12.8. The zero-order valence-electron chi connectivity index (χ0n) is 16.0. The number of nitrogens with zero attached hydrogens (tertiary/aromatic N) is 1. The van der Waals surface area contributed by atoms with Crippen molar-refractivity contribution in [2.24, 2.45) is 5.92 Å². The number of amides is 2. The number of morpholine rings is 1. The zero-order valence-corrected chi connectivity index (χ0v) is 16.0. The second-order valence-electron chi connectivity index (χ2n) is 7.68. The lowest BCUT2D eigenvalue weighted by molar-refractivity contribution is -0.134. The van der Waals surface area contributed by atoms with Crippen LogP contribution in [0.3, 0.4) is 0 Å². The van der Waals surface area contributed by atoms with Crippen molar-refractivity contribution in [1.29, 1.82) is 0 Å². The number of ketones is 1. The van der Waals surface area contributed by atoms with Gasteiger partial charge in [-0.2, -0.15) is 0 Å². The Morgan fingerprint density at radius 1 is 1.22 bits per heavy atom. The normalized spacial score (nSPS) is 28.0. The molecule has 3 fully saturated rings. The van der Waals surface area contributed by atoms with Gasteiger partial charge >= 0.3 is 6.09 Å². The molecule has 2 amide bonds. The number of Topliss-reactive ketones (excluding diaryl/α,β-unsaturated/α-hetero) is 1. The van der Waals surface area contributed by atoms with Crippen molar-refractivity contribution in [2.45, 2.75) is 63.7 Å². The van der Waals surface area contributed by atoms with Crippen molar-refractivity contribution in [3.8, 4) is 0 Å². The van der Waals surface area contributed by atoms with Crippen molar-refractivity contribution in [2.75, 3.05) is 32.9 Å². The van der Waals surface area contributed by atoms with Gasteiger partial charge in [-0.3, -0.25) is 9.59 Å². The predicted octanol–water partition coefficient (Wildman–Crippen LogP) is 1.27. The Morgan fingerprint density at radius 2 is 1.93 bits per heavy atom. The third-order valence-electron chi connectivity index (χ3n) is 5.68. The van der Waals surface area contributed by atoms with Crippen molar-refractivity contribution in [3.63, 3.8) is 0 Å². The van der Waals surface area contributed by atoms with Gasteiger partial charge in [-0.15, -0.1) is 0 Å². The fourth-order valence-electron chi connectivity index (χ4n) is 3.98. The molecule has 1 saturated carbocycles. The van der Waals surface area contributed by atoms with Crippen molar-refractivity contribution < 1.29 is 28.6 Å². The number of carbonyl (C=O) groups excluding carboxylic acids is 3. The Balaban J connectivity index is 1.63. The van der Waals surface area contributed by atoms with Crippen LogP contribution in [0.1, 0.15) is 45.4 Å². The molecule has 2 aliphatic heterocycles. The molecule has 2 heterocycles. The van der Waals surface area contributed by atoms with E-state index in [2.05, 4.69) is 5.32 Å². The minimum atomic E-state index is -0.885. The molecule has 0 unspecified atom stereocenters. The minimum absolute atomic E-state index is 0.00692. The maximum absolute atomic E-state index is 12.8. The van der Waals surface area contributed by atoms with Gasteiger partial charge in [-0.1, -0.05) is 32.1 Å². The lowest BCUT2D eigenvalue weighted by Gasteiger charge is -2.30. The molecule has 0 aromatic heterocycles. The van der Waals surface area contributed by atoms with Crippen LogP contribution in [-0.4, -0.2) is 73.8 Å². The molecule has 8 heteroatoms. The minimum Gasteiger partial charge on any atom is -0.436 e. The van der Waals surface area contributed by atoms with Gasteiger partial charge < -0.3 is 24.4 Å². The summed E-state index contributed by atoms with van der Waals surface area (Å²) >= 11 is 0. The Morgan fingerprint density at radius 3 is 2.56 bits per heavy atom. The van der Waals surface area contributed by atoms with Crippen LogP contribution >= 0.6 is 0 Å². The average molecular weight is 382 g/mol. The SMILES string of the molecule is C[C@H]1OCC(=O)[C@H]1NC(=O)[C@H](CC1CCCCC1)OC(=O)N1CCOCC1. The van der Waals surface area contributed by atoms with Gasteiger partial charge in [0.1, 0.15) is 12.6 Å². The molecule has 0 aromatic carbocycles. The average Bonchev–Trinajstić information content (AvgIpc) is 3.01. The summed E-state index contributed by atoms with van der Waals surface area (Å²) in [5, 5.41) is 2.74. The van der Waals surface area contributed by atoms with Gasteiger partial charge in [0.05, 0.1) is 19.3 Å². The van der Waals surface area contributed by atoms with Crippen molar-refractivity contribution >= 4 is 17.8 Å². The molecule has 1 aliphatic carbocycles. The molecule has 1 N–H and O–H groups in total. The van der Waals surface area contributed by atoms with Crippen molar-refractivity contribution in [1.82, 2.24) is 10.2 Å². The summed E-state index contributed by atoms with van der Waals surface area (Å²) in [6.07, 6.45) is 4.34. The summed E-state index contributed by atoms with van der Waals surface area (Å²) < 4.78 is 16.1. The molecule has 3 aliphatic rings. The van der Waals surface area contributed by atoms with E-state index in [9.17, 15) is 14.4 Å². The second kappa shape index (κ2) is 9.50. The van der Waals surface area contributed by atoms with E-state index in [0.717, 1.165) is 25.7 Å². The van der Waals surface area contributed by atoms with Crippen LogP contribution in [0.4, 0.5) is 4.79 Å². The van der Waals surface area contributed by atoms with Crippen LogP contribution in [0.5, 0.6) is 0 Å². The Kier molecular flexibility index (Phi) is 7.07. The van der Waals surface area contributed by atoms with Crippen LogP contribution in [0.2, 0.25) is 0 Å². The van der Waals surface area contributed by atoms with Crippen LogP contribution in [0.25, 0.3) is 0 Å². The van der Waals surface area contributed by atoms with E-state index in [-0.39, 0.29) is 18.5 Å². The molecule has 27 heavy (non-hydrogen) atoms. The third-order valence-corrected chi connectivity index (χ3v) is 5.68. The van der Waals surface area contributed by atoms with E-state index < -0.39 is 24.1 Å². The molecule has 152 valence electrons. The topological polar surface area (TPSA) is 94.2 Å². The molecule has 0 bridgehead atoms. The Labute approximate surface area is 159 Å². The molecular formula is C19H30N2O6. The highest BCUT2D eigenvalue weighted by molar-refractivity contribution is 5.93. The van der Waals surface area contributed by atoms with Gasteiger partial charge in [0.25, 0.3) is 5.91 Å². The molecular weight excluding hydrogens is 352 g/mol. The summed E-state index contributed by atoms with van der Waals surface area (Å²) in [7, 11) is 0. The summed E-state index contributed by atoms with van der Waals surface area (Å²) in [5.41, 5.74) is 0. The Hall–Kier alpha value is -1.67. The first-order chi connectivity index (χ1) is 13.0.